The van der Waals surface area contributed by atoms with Gasteiger partial charge >= 0.3 is 11.8 Å². The molecule has 0 atom stereocenters. The van der Waals surface area contributed by atoms with Crippen LogP contribution in [0.3, 0.4) is 0 Å². The van der Waals surface area contributed by atoms with E-state index in [0.29, 0.717) is 55.6 Å². The summed E-state index contributed by atoms with van der Waals surface area (Å²) in [5.74, 6) is 0.417. The van der Waals surface area contributed by atoms with Gasteiger partial charge in [-0.05, 0) is 12.3 Å². The minimum Gasteiger partial charge on any atom is -0.465 e. The summed E-state index contributed by atoms with van der Waals surface area (Å²) < 4.78 is 10.3. The van der Waals surface area contributed by atoms with Crippen molar-refractivity contribution in [2.75, 3.05) is 13.1 Å². The third kappa shape index (κ3) is 3.63. The molecule has 0 spiro atoms. The smallest absolute Gasteiger partial charge is 0.407 e. The third-order valence-electron chi connectivity index (χ3n) is 5.23. The Morgan fingerprint density at radius 1 is 1.21 bits per heavy atom. The average molecular weight is 393 g/mol. The quantitative estimate of drug-likeness (QED) is 0.811. The van der Waals surface area contributed by atoms with Crippen LogP contribution in [-0.4, -0.2) is 54.0 Å². The number of aryl methyl sites for hydroxylation is 2. The van der Waals surface area contributed by atoms with E-state index in [-0.39, 0.29) is 6.10 Å². The van der Waals surface area contributed by atoms with E-state index >= 15 is 0 Å². The molecule has 0 radical (unpaired) electrons. The molecular formula is C18H27N5O5. The van der Waals surface area contributed by atoms with E-state index in [9.17, 15) is 14.4 Å². The summed E-state index contributed by atoms with van der Waals surface area (Å²) in [6, 6.07) is 0.308. The Morgan fingerprint density at radius 2 is 1.86 bits per heavy atom. The number of aromatic nitrogens is 4. The van der Waals surface area contributed by atoms with Gasteiger partial charge in [0.15, 0.2) is 11.2 Å². The first-order valence-electron chi connectivity index (χ1n) is 9.51. The second-order valence-corrected chi connectivity index (χ2v) is 7.69. The number of piperidine rings is 1. The Morgan fingerprint density at radius 3 is 2.43 bits per heavy atom. The molecule has 3 rings (SSSR count). The van der Waals surface area contributed by atoms with Crippen LogP contribution >= 0.6 is 0 Å². The van der Waals surface area contributed by atoms with Gasteiger partial charge in [0.05, 0.1) is 0 Å². The Hall–Kier alpha value is -2.78. The maximum absolute atomic E-state index is 12.8. The Bertz CT molecular complexity index is 994. The van der Waals surface area contributed by atoms with Crippen molar-refractivity contribution in [2.45, 2.75) is 45.8 Å². The first-order chi connectivity index (χ1) is 13.2. The molecule has 28 heavy (non-hydrogen) atoms. The van der Waals surface area contributed by atoms with Gasteiger partial charge in [-0.1, -0.05) is 13.8 Å². The lowest BCUT2D eigenvalue weighted by Gasteiger charge is -2.29. The number of hydrogen-bond acceptors (Lipinski definition) is 5. The number of fused-ring (bicyclic) bond motifs is 1. The van der Waals surface area contributed by atoms with E-state index in [1.54, 1.807) is 11.6 Å². The van der Waals surface area contributed by atoms with E-state index in [2.05, 4.69) is 18.8 Å². The van der Waals surface area contributed by atoms with E-state index in [1.807, 2.05) is 0 Å². The van der Waals surface area contributed by atoms with E-state index in [0.717, 1.165) is 11.0 Å². The number of rotatable bonds is 5. The standard InChI is InChI=1S/C18H27N5O5/c1-11(2)5-10-23-13-14(20(3)17(25)21(4)15(13)24)19-16(23)28-12-6-8-22(9-7-12)18(26)27/h11-12H,5-10H2,1-4H3,(H,26,27). The number of likely N-dealkylation sites (tertiary alicyclic amines) is 1. The first-order valence-corrected chi connectivity index (χ1v) is 9.51. The predicted molar refractivity (Wildman–Crippen MR) is 103 cm³/mol. The fraction of sp³-hybridized carbons (Fsp3) is 0.667. The normalized spacial score (nSPS) is 15.5. The third-order valence-corrected chi connectivity index (χ3v) is 5.23. The number of carbonyl (C=O) groups is 1. The van der Waals surface area contributed by atoms with Gasteiger partial charge in [0.1, 0.15) is 6.10 Å². The number of hydrogen-bond donors (Lipinski definition) is 1. The molecule has 2 aromatic heterocycles. The maximum Gasteiger partial charge on any atom is 0.407 e. The summed E-state index contributed by atoms with van der Waals surface area (Å²) in [6.07, 6.45) is 0.811. The average Bonchev–Trinajstić information content (AvgIpc) is 3.01. The summed E-state index contributed by atoms with van der Waals surface area (Å²) in [5, 5.41) is 9.09. The molecule has 1 aliphatic rings. The lowest BCUT2D eigenvalue weighted by molar-refractivity contribution is 0.0821. The van der Waals surface area contributed by atoms with Crippen LogP contribution < -0.4 is 16.0 Å². The van der Waals surface area contributed by atoms with Crippen molar-refractivity contribution in [3.8, 4) is 6.01 Å². The molecule has 0 unspecified atom stereocenters. The molecule has 1 N–H and O–H groups in total. The number of nitrogens with zero attached hydrogens (tertiary/aromatic N) is 5. The van der Waals surface area contributed by atoms with Crippen LogP contribution in [0.2, 0.25) is 0 Å². The largest absolute Gasteiger partial charge is 0.465 e. The number of amides is 1. The van der Waals surface area contributed by atoms with E-state index < -0.39 is 17.3 Å². The fourth-order valence-corrected chi connectivity index (χ4v) is 3.43. The van der Waals surface area contributed by atoms with Gasteiger partial charge in [0, 0.05) is 46.6 Å². The molecule has 0 bridgehead atoms. The zero-order valence-electron chi connectivity index (χ0n) is 16.7. The van der Waals surface area contributed by atoms with Crippen LogP contribution in [0.15, 0.2) is 9.59 Å². The van der Waals surface area contributed by atoms with Crippen LogP contribution in [0.4, 0.5) is 4.79 Å². The molecular weight excluding hydrogens is 366 g/mol. The molecule has 1 fully saturated rings. The number of ether oxygens (including phenoxy) is 1. The highest BCUT2D eigenvalue weighted by Gasteiger charge is 2.27. The number of carboxylic acid groups (broad SMARTS) is 1. The lowest BCUT2D eigenvalue weighted by atomic mass is 10.1. The van der Waals surface area contributed by atoms with Crippen LogP contribution in [0.5, 0.6) is 6.01 Å². The van der Waals surface area contributed by atoms with Crippen LogP contribution in [0, 0.1) is 5.92 Å². The fourth-order valence-electron chi connectivity index (χ4n) is 3.43. The second-order valence-electron chi connectivity index (χ2n) is 7.69. The Kier molecular flexibility index (Phi) is 5.48. The van der Waals surface area contributed by atoms with Crippen molar-refractivity contribution < 1.29 is 14.6 Å². The predicted octanol–water partition coefficient (Wildman–Crippen LogP) is 1.00. The molecule has 154 valence electrons. The van der Waals surface area contributed by atoms with Crippen molar-refractivity contribution >= 4 is 17.3 Å². The van der Waals surface area contributed by atoms with Crippen molar-refractivity contribution in [2.24, 2.45) is 20.0 Å². The van der Waals surface area contributed by atoms with Crippen LogP contribution in [-0.2, 0) is 20.6 Å². The first kappa shape index (κ1) is 20.0. The highest BCUT2D eigenvalue weighted by molar-refractivity contribution is 5.72. The summed E-state index contributed by atoms with van der Waals surface area (Å²) in [7, 11) is 3.03. The molecule has 0 aromatic carbocycles. The van der Waals surface area contributed by atoms with Gasteiger partial charge in [-0.3, -0.25) is 18.5 Å². The number of imidazole rings is 1. The zero-order chi connectivity index (χ0) is 20.6. The minimum atomic E-state index is -0.930. The molecule has 1 saturated heterocycles. The summed E-state index contributed by atoms with van der Waals surface area (Å²) >= 11 is 0. The van der Waals surface area contributed by atoms with Gasteiger partial charge in [-0.2, -0.15) is 4.98 Å². The molecule has 3 heterocycles. The van der Waals surface area contributed by atoms with Gasteiger partial charge in [-0.15, -0.1) is 0 Å². The van der Waals surface area contributed by atoms with Gasteiger partial charge in [0.25, 0.3) is 11.6 Å². The Balaban J connectivity index is 1.99. The second kappa shape index (κ2) is 7.69. The van der Waals surface area contributed by atoms with E-state index in [4.69, 9.17) is 9.84 Å². The minimum absolute atomic E-state index is 0.189. The molecule has 1 amide bonds. The monoisotopic (exact) mass is 393 g/mol. The molecule has 1 aliphatic heterocycles. The maximum atomic E-state index is 12.8. The molecule has 2 aromatic rings. The van der Waals surface area contributed by atoms with Gasteiger partial charge in [-0.25, -0.2) is 9.59 Å². The van der Waals surface area contributed by atoms with Crippen LogP contribution in [0.25, 0.3) is 11.2 Å². The van der Waals surface area contributed by atoms with Crippen LogP contribution in [0.1, 0.15) is 33.1 Å². The Labute approximate surface area is 162 Å². The molecule has 10 nitrogen and oxygen atoms in total. The van der Waals surface area contributed by atoms with E-state index in [1.165, 1.54) is 16.5 Å². The zero-order valence-corrected chi connectivity index (χ0v) is 16.7. The van der Waals surface area contributed by atoms with Gasteiger partial charge < -0.3 is 14.7 Å². The summed E-state index contributed by atoms with van der Waals surface area (Å²) in [6.45, 7) is 5.52. The molecule has 0 saturated carbocycles. The van der Waals surface area contributed by atoms with Crippen molar-refractivity contribution in [3.05, 3.63) is 20.8 Å². The summed E-state index contributed by atoms with van der Waals surface area (Å²) in [5.41, 5.74) is -0.185. The lowest BCUT2D eigenvalue weighted by Crippen LogP contribution is -2.41. The topological polar surface area (TPSA) is 112 Å². The van der Waals surface area contributed by atoms with Crippen molar-refractivity contribution in [1.82, 2.24) is 23.6 Å². The molecule has 0 aliphatic carbocycles. The SMILES string of the molecule is CC(C)CCn1c(OC2CCN(C(=O)O)CC2)nc2c1c(=O)n(C)c(=O)n2C. The van der Waals surface area contributed by atoms with Crippen molar-refractivity contribution in [3.63, 3.8) is 0 Å². The molecule has 10 heteroatoms. The highest BCUT2D eigenvalue weighted by atomic mass is 16.5. The highest BCUT2D eigenvalue weighted by Crippen LogP contribution is 2.23. The summed E-state index contributed by atoms with van der Waals surface area (Å²) in [4.78, 5) is 41.9. The van der Waals surface area contributed by atoms with Crippen molar-refractivity contribution in [1.29, 1.82) is 0 Å². The van der Waals surface area contributed by atoms with Gasteiger partial charge in [0.2, 0.25) is 0 Å².